The Bertz CT molecular complexity index is 305. The quantitative estimate of drug-likeness (QED) is 0.282. The van der Waals surface area contributed by atoms with Gasteiger partial charge in [0.05, 0.1) is 0 Å². The van der Waals surface area contributed by atoms with Gasteiger partial charge in [-0.25, -0.2) is 0 Å². The second kappa shape index (κ2) is 7.24. The number of nitrogens with one attached hydrogen (secondary N) is 1. The number of hydrogen-bond acceptors (Lipinski definition) is 3. The van der Waals surface area contributed by atoms with Crippen molar-refractivity contribution in [1.82, 2.24) is 5.32 Å². The van der Waals surface area contributed by atoms with Gasteiger partial charge in [0.25, 0.3) is 0 Å². The molecule has 0 aromatic heterocycles. The van der Waals surface area contributed by atoms with Crippen LogP contribution in [0.25, 0.3) is 0 Å². The van der Waals surface area contributed by atoms with Crippen LogP contribution in [0.2, 0.25) is 0 Å². The van der Waals surface area contributed by atoms with Crippen molar-refractivity contribution in [3.8, 4) is 0 Å². The predicted octanol–water partition coefficient (Wildman–Crippen LogP) is 2.09. The van der Waals surface area contributed by atoms with Crippen molar-refractivity contribution < 1.29 is 10.0 Å². The zero-order chi connectivity index (χ0) is 14.3. The van der Waals surface area contributed by atoms with E-state index >= 15 is 0 Å². The molecule has 0 aromatic carbocycles. The van der Waals surface area contributed by atoms with E-state index in [0.29, 0.717) is 12.3 Å². The molecular weight excluding hydrogens is 230 g/mol. The van der Waals surface area contributed by atoms with Gasteiger partial charge in [-0.1, -0.05) is 32.3 Å². The summed E-state index contributed by atoms with van der Waals surface area (Å²) in [5.74, 6) is 0.339. The average Bonchev–Trinajstić information content (AvgIpc) is 2.35. The highest BCUT2D eigenvalue weighted by molar-refractivity contribution is 6.06. The number of carbonyl (C=O) groups excluding carboxylic acids is 1. The summed E-state index contributed by atoms with van der Waals surface area (Å²) in [4.78, 5) is 12.2. The molecule has 0 heterocycles. The average molecular weight is 257 g/mol. The number of oxime groups is 1. The Morgan fingerprint density at radius 1 is 1.44 bits per heavy atom. The Morgan fingerprint density at radius 3 is 2.39 bits per heavy atom. The third kappa shape index (κ3) is 4.20. The molecule has 5 nitrogen and oxygen atoms in total. The lowest BCUT2D eigenvalue weighted by atomic mass is 9.84. The summed E-state index contributed by atoms with van der Waals surface area (Å²) in [5, 5.41) is 14.7. The van der Waals surface area contributed by atoms with E-state index in [1.165, 1.54) is 0 Å². The first kappa shape index (κ1) is 16.7. The SMILES string of the molecule is CCC(C)CC(C)NC(=O)C(C)(CC)C(N)=NO. The third-order valence-corrected chi connectivity index (χ3v) is 3.71. The van der Waals surface area contributed by atoms with Crippen molar-refractivity contribution in [2.24, 2.45) is 22.2 Å². The number of rotatable bonds is 7. The molecule has 3 unspecified atom stereocenters. The fourth-order valence-electron chi connectivity index (χ4n) is 1.78. The summed E-state index contributed by atoms with van der Waals surface area (Å²) in [6, 6.07) is 0.0878. The van der Waals surface area contributed by atoms with E-state index in [-0.39, 0.29) is 17.8 Å². The van der Waals surface area contributed by atoms with Crippen molar-refractivity contribution in [1.29, 1.82) is 0 Å². The zero-order valence-electron chi connectivity index (χ0n) is 12.2. The molecular formula is C13H27N3O2. The summed E-state index contributed by atoms with van der Waals surface area (Å²) in [6.07, 6.45) is 2.51. The number of amides is 1. The first-order valence-corrected chi connectivity index (χ1v) is 6.60. The Labute approximate surface area is 110 Å². The Hall–Kier alpha value is -1.26. The van der Waals surface area contributed by atoms with Crippen molar-refractivity contribution in [2.75, 3.05) is 0 Å². The Balaban J connectivity index is 4.64. The van der Waals surface area contributed by atoms with Gasteiger partial charge in [0, 0.05) is 6.04 Å². The van der Waals surface area contributed by atoms with Crippen LogP contribution in [0.4, 0.5) is 0 Å². The van der Waals surface area contributed by atoms with Crippen LogP contribution >= 0.6 is 0 Å². The highest BCUT2D eigenvalue weighted by Crippen LogP contribution is 2.22. The van der Waals surface area contributed by atoms with Crippen molar-refractivity contribution in [3.63, 3.8) is 0 Å². The van der Waals surface area contributed by atoms with Crippen LogP contribution in [0.5, 0.6) is 0 Å². The lowest BCUT2D eigenvalue weighted by molar-refractivity contribution is -0.127. The van der Waals surface area contributed by atoms with E-state index in [1.807, 2.05) is 13.8 Å². The number of nitrogens with zero attached hydrogens (tertiary/aromatic N) is 1. The summed E-state index contributed by atoms with van der Waals surface area (Å²) in [7, 11) is 0. The molecule has 0 rings (SSSR count). The van der Waals surface area contributed by atoms with Crippen LogP contribution in [0.15, 0.2) is 5.16 Å². The molecule has 18 heavy (non-hydrogen) atoms. The first-order valence-electron chi connectivity index (χ1n) is 6.60. The number of nitrogens with two attached hydrogens (primary N) is 1. The minimum atomic E-state index is -0.946. The van der Waals surface area contributed by atoms with Crippen LogP contribution < -0.4 is 11.1 Å². The van der Waals surface area contributed by atoms with Crippen LogP contribution in [0, 0.1) is 11.3 Å². The topological polar surface area (TPSA) is 87.7 Å². The molecule has 4 N–H and O–H groups in total. The Morgan fingerprint density at radius 2 is 2.00 bits per heavy atom. The maximum absolute atomic E-state index is 12.2. The van der Waals surface area contributed by atoms with Crippen molar-refractivity contribution >= 4 is 11.7 Å². The van der Waals surface area contributed by atoms with E-state index in [1.54, 1.807) is 6.92 Å². The van der Waals surface area contributed by atoms with Gasteiger partial charge < -0.3 is 16.3 Å². The van der Waals surface area contributed by atoms with Gasteiger partial charge in [0.2, 0.25) is 5.91 Å². The summed E-state index contributed by atoms with van der Waals surface area (Å²) < 4.78 is 0. The molecule has 0 aromatic rings. The maximum Gasteiger partial charge on any atom is 0.233 e. The third-order valence-electron chi connectivity index (χ3n) is 3.71. The smallest absolute Gasteiger partial charge is 0.233 e. The molecule has 0 spiro atoms. The van der Waals surface area contributed by atoms with E-state index in [4.69, 9.17) is 10.9 Å². The van der Waals surface area contributed by atoms with Gasteiger partial charge in [-0.05, 0) is 32.6 Å². The van der Waals surface area contributed by atoms with Gasteiger partial charge in [0.15, 0.2) is 5.84 Å². The van der Waals surface area contributed by atoms with E-state index in [2.05, 4.69) is 24.3 Å². The van der Waals surface area contributed by atoms with E-state index in [9.17, 15) is 4.79 Å². The molecule has 1 amide bonds. The van der Waals surface area contributed by atoms with Gasteiger partial charge >= 0.3 is 0 Å². The predicted molar refractivity (Wildman–Crippen MR) is 73.5 cm³/mol. The molecule has 0 aliphatic heterocycles. The molecule has 0 aliphatic carbocycles. The highest BCUT2D eigenvalue weighted by atomic mass is 16.4. The van der Waals surface area contributed by atoms with Gasteiger partial charge in [-0.15, -0.1) is 0 Å². The van der Waals surface area contributed by atoms with Gasteiger partial charge in [0.1, 0.15) is 5.41 Å². The van der Waals surface area contributed by atoms with Crippen molar-refractivity contribution in [3.05, 3.63) is 0 Å². The molecule has 0 bridgehead atoms. The van der Waals surface area contributed by atoms with Gasteiger partial charge in [-0.2, -0.15) is 0 Å². The molecule has 0 aliphatic rings. The molecule has 0 saturated carbocycles. The van der Waals surface area contributed by atoms with Crippen LogP contribution in [-0.4, -0.2) is 23.0 Å². The summed E-state index contributed by atoms with van der Waals surface area (Å²) >= 11 is 0. The second-order valence-corrected chi connectivity index (χ2v) is 5.29. The van der Waals surface area contributed by atoms with Crippen LogP contribution in [-0.2, 0) is 4.79 Å². The van der Waals surface area contributed by atoms with Crippen LogP contribution in [0.3, 0.4) is 0 Å². The molecule has 0 fully saturated rings. The Kier molecular flexibility index (Phi) is 6.73. The molecule has 106 valence electrons. The summed E-state index contributed by atoms with van der Waals surface area (Å²) in [6.45, 7) is 9.80. The van der Waals surface area contributed by atoms with Gasteiger partial charge in [-0.3, -0.25) is 4.79 Å². The molecule has 0 radical (unpaired) electrons. The largest absolute Gasteiger partial charge is 0.409 e. The monoisotopic (exact) mass is 257 g/mol. The number of amidine groups is 1. The van der Waals surface area contributed by atoms with E-state index in [0.717, 1.165) is 12.8 Å². The minimum Gasteiger partial charge on any atom is -0.409 e. The second-order valence-electron chi connectivity index (χ2n) is 5.29. The highest BCUT2D eigenvalue weighted by Gasteiger charge is 2.36. The lowest BCUT2D eigenvalue weighted by Crippen LogP contribution is -2.50. The zero-order valence-corrected chi connectivity index (χ0v) is 12.2. The van der Waals surface area contributed by atoms with Crippen molar-refractivity contribution in [2.45, 2.75) is 59.9 Å². The fourth-order valence-corrected chi connectivity index (χ4v) is 1.78. The summed E-state index contributed by atoms with van der Waals surface area (Å²) in [5.41, 5.74) is 4.66. The molecule has 5 heteroatoms. The maximum atomic E-state index is 12.2. The normalized spacial score (nSPS) is 18.8. The lowest BCUT2D eigenvalue weighted by Gasteiger charge is -2.28. The van der Waals surface area contributed by atoms with Crippen LogP contribution in [0.1, 0.15) is 53.9 Å². The standard InChI is InChI=1S/C13H27N3O2/c1-6-9(3)8-10(4)15-12(17)13(5,7-2)11(14)16-18/h9-10,18H,6-8H2,1-5H3,(H2,14,16)(H,15,17). The van der Waals surface area contributed by atoms with E-state index < -0.39 is 5.41 Å². The fraction of sp³-hybridized carbons (Fsp3) is 0.846. The number of hydrogen-bond donors (Lipinski definition) is 3. The molecule has 3 atom stereocenters. The number of carbonyl (C=O) groups is 1. The minimum absolute atomic E-state index is 0.0433. The first-order chi connectivity index (χ1) is 8.31. The molecule has 0 saturated heterocycles.